The third-order valence-corrected chi connectivity index (χ3v) is 10.0. The minimum absolute atomic E-state index is 0.0309. The molecule has 0 spiro atoms. The van der Waals surface area contributed by atoms with E-state index in [0.717, 1.165) is 23.1 Å². The summed E-state index contributed by atoms with van der Waals surface area (Å²) in [5, 5.41) is 15.4. The summed E-state index contributed by atoms with van der Waals surface area (Å²) in [6.07, 6.45) is 6.41. The highest BCUT2D eigenvalue weighted by Crippen LogP contribution is 2.63. The van der Waals surface area contributed by atoms with Crippen LogP contribution in [0.25, 0.3) is 0 Å². The van der Waals surface area contributed by atoms with Crippen LogP contribution in [-0.4, -0.2) is 36.3 Å². The number of hydrogen-bond donors (Lipinski definition) is 1. The second kappa shape index (κ2) is 9.71. The molecule has 0 radical (unpaired) electrons. The molecule has 1 aromatic heterocycles. The van der Waals surface area contributed by atoms with E-state index in [1.54, 1.807) is 12.3 Å². The molecule has 2 fully saturated rings. The Morgan fingerprint density at radius 2 is 2.11 bits per heavy atom. The second-order valence-corrected chi connectivity index (χ2v) is 13.9. The van der Waals surface area contributed by atoms with Gasteiger partial charge in [-0.25, -0.2) is 4.98 Å². The van der Waals surface area contributed by atoms with E-state index in [-0.39, 0.29) is 46.8 Å². The zero-order valence-corrected chi connectivity index (χ0v) is 23.2. The molecule has 204 valence electrons. The van der Waals surface area contributed by atoms with E-state index >= 15 is 0 Å². The summed E-state index contributed by atoms with van der Waals surface area (Å²) in [4.78, 5) is 42.5. The number of fused-ring (bicyclic) bond motifs is 5. The Morgan fingerprint density at radius 1 is 1.34 bits per heavy atom. The normalized spacial score (nSPS) is 28.2. The van der Waals surface area contributed by atoms with Gasteiger partial charge in [-0.05, 0) is 74.3 Å². The number of nitro groups is 1. The minimum Gasteiger partial charge on any atom is -0.375 e. The van der Waals surface area contributed by atoms with Crippen LogP contribution in [0.3, 0.4) is 0 Å². The fourth-order valence-electron chi connectivity index (χ4n) is 7.29. The van der Waals surface area contributed by atoms with E-state index in [4.69, 9.17) is 4.18 Å². The smallest absolute Gasteiger partial charge is 0.316 e. The lowest BCUT2D eigenvalue weighted by molar-refractivity contribution is -0.386. The largest absolute Gasteiger partial charge is 0.375 e. The van der Waals surface area contributed by atoms with Crippen LogP contribution in [0.5, 0.6) is 5.75 Å². The first kappa shape index (κ1) is 26.7. The average molecular weight is 562 g/mol. The summed E-state index contributed by atoms with van der Waals surface area (Å²) in [6, 6.07) is 3.15. The highest BCUT2D eigenvalue weighted by molar-refractivity contribution is 7.86. The number of nitrogens with zero attached hydrogens (tertiary/aromatic N) is 2. The molecular weight excluding hydrogens is 530 g/mol. The van der Waals surface area contributed by atoms with Crippen molar-refractivity contribution in [1.82, 2.24) is 4.98 Å². The first-order chi connectivity index (χ1) is 17.9. The highest BCUT2D eigenvalue weighted by atomic mass is 32.2. The van der Waals surface area contributed by atoms with Gasteiger partial charge in [0.05, 0.1) is 11.2 Å². The number of amides is 1. The molecule has 2 saturated carbocycles. The molecule has 38 heavy (non-hydrogen) atoms. The van der Waals surface area contributed by atoms with Gasteiger partial charge in [-0.15, -0.1) is 11.3 Å². The van der Waals surface area contributed by atoms with Crippen LogP contribution in [0.4, 0.5) is 10.8 Å². The van der Waals surface area contributed by atoms with Crippen LogP contribution in [0.2, 0.25) is 0 Å². The molecule has 5 atom stereocenters. The molecule has 3 aliphatic carbocycles. The monoisotopic (exact) mass is 561 g/mol. The van der Waals surface area contributed by atoms with Crippen LogP contribution in [0.1, 0.15) is 67.4 Å². The number of nitro benzene ring substituents is 1. The summed E-state index contributed by atoms with van der Waals surface area (Å²) in [7, 11) is -3.93. The van der Waals surface area contributed by atoms with E-state index in [0.29, 0.717) is 49.2 Å². The molecule has 1 aromatic carbocycles. The maximum atomic E-state index is 13.2. The third-order valence-electron chi connectivity index (χ3n) is 8.72. The van der Waals surface area contributed by atoms with Gasteiger partial charge in [0.2, 0.25) is 11.7 Å². The van der Waals surface area contributed by atoms with Crippen molar-refractivity contribution in [1.29, 1.82) is 0 Å². The zero-order valence-electron chi connectivity index (χ0n) is 21.6. The number of aromatic nitrogens is 1. The maximum Gasteiger partial charge on any atom is 0.316 e. The number of carbonyl (C=O) groups is 2. The predicted octanol–water partition coefficient (Wildman–Crippen LogP) is 4.77. The number of hydrogen-bond acceptors (Lipinski definition) is 9. The summed E-state index contributed by atoms with van der Waals surface area (Å²) in [5.74, 6) is 0.209. The SMILES string of the molecule is Cc1cnc(NC(=O)CC[C@@H]2CC(=O)[C@@]3(C)CCC4c5ccc(OS(C)(=O)=O)c([N+](=O)[O-])c5CCC4C23)s1. The Balaban J connectivity index is 1.40. The first-order valence-corrected chi connectivity index (χ1v) is 15.5. The molecular formula is C26H31N3O7S2. The molecule has 5 rings (SSSR count). The number of nitrogens with one attached hydrogen (secondary N) is 1. The quantitative estimate of drug-likeness (QED) is 0.289. The predicted molar refractivity (Wildman–Crippen MR) is 142 cm³/mol. The number of rotatable bonds is 7. The second-order valence-electron chi connectivity index (χ2n) is 11.1. The standard InChI is InChI=1S/C26H31N3O7S2/c1-14-13-27-25(37-14)28-22(31)9-4-15-12-21(30)26(2)11-10-17-16-7-8-20(36-38(3,34)35)24(29(32)33)19(16)6-5-18(17)23(15)26/h7-8,13,15,17-18,23H,4-6,9-12H2,1-3H3,(H,27,28,31)/t15-,17?,18?,23?,26-/m1/s1. The maximum absolute atomic E-state index is 13.2. The van der Waals surface area contributed by atoms with Crippen molar-refractivity contribution in [3.63, 3.8) is 0 Å². The molecule has 0 bridgehead atoms. The van der Waals surface area contributed by atoms with Gasteiger partial charge < -0.3 is 9.50 Å². The molecule has 1 N–H and O–H groups in total. The number of Topliss-reactive ketones (excluding diaryl/α,β-unsaturated/α-hetero) is 1. The van der Waals surface area contributed by atoms with Crippen molar-refractivity contribution in [3.05, 3.63) is 44.4 Å². The lowest BCUT2D eigenvalue weighted by Crippen LogP contribution is -2.44. The van der Waals surface area contributed by atoms with Crippen LogP contribution in [-0.2, 0) is 26.1 Å². The number of benzene rings is 1. The van der Waals surface area contributed by atoms with E-state index in [1.807, 2.05) is 6.92 Å². The molecule has 1 heterocycles. The van der Waals surface area contributed by atoms with Crippen molar-refractivity contribution in [2.24, 2.45) is 23.2 Å². The molecule has 0 aliphatic heterocycles. The van der Waals surface area contributed by atoms with Gasteiger partial charge in [0.1, 0.15) is 5.78 Å². The van der Waals surface area contributed by atoms with Gasteiger partial charge in [0.15, 0.2) is 5.13 Å². The molecule has 3 aliphatic rings. The van der Waals surface area contributed by atoms with E-state index < -0.39 is 20.5 Å². The average Bonchev–Trinajstić information content (AvgIpc) is 3.35. The van der Waals surface area contributed by atoms with Gasteiger partial charge in [-0.1, -0.05) is 13.0 Å². The number of carbonyl (C=O) groups excluding carboxylic acids is 2. The number of aryl methyl sites for hydroxylation is 1. The van der Waals surface area contributed by atoms with Crippen LogP contribution < -0.4 is 9.50 Å². The minimum atomic E-state index is -3.93. The van der Waals surface area contributed by atoms with Crippen LogP contribution >= 0.6 is 11.3 Å². The van der Waals surface area contributed by atoms with Crippen LogP contribution in [0.15, 0.2) is 18.3 Å². The zero-order chi connectivity index (χ0) is 27.4. The summed E-state index contributed by atoms with van der Waals surface area (Å²) in [5.41, 5.74) is 0.635. The third kappa shape index (κ3) is 4.84. The van der Waals surface area contributed by atoms with Crippen molar-refractivity contribution in [2.45, 2.75) is 64.7 Å². The number of thiazole rings is 1. The molecule has 10 nitrogen and oxygen atoms in total. The Bertz CT molecular complexity index is 1420. The highest BCUT2D eigenvalue weighted by Gasteiger charge is 2.58. The lowest BCUT2D eigenvalue weighted by Gasteiger charge is -2.49. The molecule has 1 amide bonds. The van der Waals surface area contributed by atoms with E-state index in [9.17, 15) is 28.1 Å². The van der Waals surface area contributed by atoms with Gasteiger partial charge in [0.25, 0.3) is 0 Å². The molecule has 3 unspecified atom stereocenters. The molecule has 0 saturated heterocycles. The fraction of sp³-hybridized carbons (Fsp3) is 0.577. The van der Waals surface area contributed by atoms with Gasteiger partial charge >= 0.3 is 15.8 Å². The van der Waals surface area contributed by atoms with E-state index in [2.05, 4.69) is 17.2 Å². The number of anilines is 1. The van der Waals surface area contributed by atoms with Gasteiger partial charge in [0, 0.05) is 34.9 Å². The van der Waals surface area contributed by atoms with Crippen molar-refractivity contribution >= 4 is 44.0 Å². The Hall–Kier alpha value is -2.86. The topological polar surface area (TPSA) is 146 Å². The van der Waals surface area contributed by atoms with Gasteiger partial charge in [-0.2, -0.15) is 8.42 Å². The van der Waals surface area contributed by atoms with Crippen LogP contribution in [0, 0.1) is 40.2 Å². The van der Waals surface area contributed by atoms with Crippen molar-refractivity contribution in [2.75, 3.05) is 11.6 Å². The summed E-state index contributed by atoms with van der Waals surface area (Å²) in [6.45, 7) is 3.98. The number of ketones is 1. The lowest BCUT2D eigenvalue weighted by atomic mass is 9.54. The molecule has 2 aromatic rings. The molecule has 12 heteroatoms. The first-order valence-electron chi connectivity index (χ1n) is 12.8. The summed E-state index contributed by atoms with van der Waals surface area (Å²) >= 11 is 1.42. The summed E-state index contributed by atoms with van der Waals surface area (Å²) < 4.78 is 28.4. The van der Waals surface area contributed by atoms with E-state index in [1.165, 1.54) is 17.4 Å². The Labute approximate surface area is 225 Å². The Kier molecular flexibility index (Phi) is 6.83. The Morgan fingerprint density at radius 3 is 2.76 bits per heavy atom. The van der Waals surface area contributed by atoms with Crippen molar-refractivity contribution in [3.8, 4) is 5.75 Å². The van der Waals surface area contributed by atoms with Gasteiger partial charge in [-0.3, -0.25) is 19.7 Å². The fourth-order valence-corrected chi connectivity index (χ4v) is 8.43. The van der Waals surface area contributed by atoms with Crippen molar-refractivity contribution < 1.29 is 27.1 Å².